The maximum Gasteiger partial charge on any atom is 0.293 e. The van der Waals surface area contributed by atoms with Crippen LogP contribution in [0.3, 0.4) is 0 Å². The molecule has 0 bridgehead atoms. The number of carbonyl (C=O) groups excluding carboxylic acids is 2. The molecule has 1 aliphatic rings. The maximum absolute atomic E-state index is 13.1. The number of nitrogens with zero attached hydrogens (tertiary/aromatic N) is 3. The van der Waals surface area contributed by atoms with Gasteiger partial charge in [-0.25, -0.2) is 8.78 Å². The number of benzene rings is 1. The molecule has 11 heteroatoms. The number of nitro benzene ring substituents is 1. The number of nitrogens with one attached hydrogen (secondary N) is 1. The van der Waals surface area contributed by atoms with E-state index < -0.39 is 29.8 Å². The van der Waals surface area contributed by atoms with Gasteiger partial charge in [-0.05, 0) is 12.1 Å². The minimum absolute atomic E-state index is 0.0644. The molecule has 1 aromatic carbocycles. The predicted molar refractivity (Wildman–Crippen MR) is 93.9 cm³/mol. The number of anilines is 1. The van der Waals surface area contributed by atoms with Crippen LogP contribution in [0.4, 0.5) is 20.2 Å². The van der Waals surface area contributed by atoms with Crippen molar-refractivity contribution in [2.24, 2.45) is 5.73 Å². The first kappa shape index (κ1) is 20.5. The van der Waals surface area contributed by atoms with Crippen molar-refractivity contribution in [2.45, 2.75) is 12.8 Å². The Morgan fingerprint density at radius 2 is 1.93 bits per heavy atom. The molecule has 0 spiro atoms. The maximum atomic E-state index is 13.1. The van der Waals surface area contributed by atoms with E-state index in [1.165, 1.54) is 19.1 Å². The van der Waals surface area contributed by atoms with Crippen molar-refractivity contribution >= 4 is 23.2 Å². The first-order chi connectivity index (χ1) is 12.6. The van der Waals surface area contributed by atoms with E-state index in [9.17, 15) is 28.5 Å². The first-order valence-electron chi connectivity index (χ1n) is 8.29. The number of nitrogens with two attached hydrogens (primary N) is 1. The van der Waals surface area contributed by atoms with E-state index in [0.717, 1.165) is 6.07 Å². The Balaban J connectivity index is 2.16. The third-order valence-electron chi connectivity index (χ3n) is 4.31. The number of hydrogen-bond acceptors (Lipinski definition) is 6. The number of amides is 2. The number of hydrogen-bond donors (Lipinski definition) is 2. The lowest BCUT2D eigenvalue weighted by molar-refractivity contribution is -0.384. The molecule has 1 heterocycles. The zero-order chi connectivity index (χ0) is 20.2. The van der Waals surface area contributed by atoms with Crippen LogP contribution < -0.4 is 16.0 Å². The Morgan fingerprint density at radius 3 is 2.44 bits per heavy atom. The average molecular weight is 385 g/mol. The fourth-order valence-corrected chi connectivity index (χ4v) is 2.72. The van der Waals surface area contributed by atoms with Crippen LogP contribution in [0, 0.1) is 10.1 Å². The number of carbonyl (C=O) groups is 2. The molecule has 0 aliphatic carbocycles. The molecule has 0 atom stereocenters. The van der Waals surface area contributed by atoms with Crippen molar-refractivity contribution in [3.63, 3.8) is 0 Å². The van der Waals surface area contributed by atoms with Crippen LogP contribution in [0.2, 0.25) is 0 Å². The molecular formula is C16H21F2N5O4. The van der Waals surface area contributed by atoms with Crippen LogP contribution in [0.15, 0.2) is 18.2 Å². The van der Waals surface area contributed by atoms with Gasteiger partial charge in [-0.15, -0.1) is 0 Å². The van der Waals surface area contributed by atoms with Gasteiger partial charge in [0.25, 0.3) is 17.5 Å². The highest BCUT2D eigenvalue weighted by molar-refractivity contribution is 5.95. The summed E-state index contributed by atoms with van der Waals surface area (Å²) >= 11 is 0. The van der Waals surface area contributed by atoms with Crippen LogP contribution in [-0.2, 0) is 4.79 Å². The summed E-state index contributed by atoms with van der Waals surface area (Å²) in [4.78, 5) is 37.6. The van der Waals surface area contributed by atoms with Gasteiger partial charge < -0.3 is 20.9 Å². The number of rotatable bonds is 6. The summed E-state index contributed by atoms with van der Waals surface area (Å²) < 4.78 is 26.3. The number of halogens is 2. The molecule has 27 heavy (non-hydrogen) atoms. The summed E-state index contributed by atoms with van der Waals surface area (Å²) in [5, 5.41) is 13.4. The van der Waals surface area contributed by atoms with Crippen LogP contribution in [0.5, 0.6) is 0 Å². The summed E-state index contributed by atoms with van der Waals surface area (Å²) in [7, 11) is 0. The van der Waals surface area contributed by atoms with Crippen molar-refractivity contribution < 1.29 is 23.3 Å². The standard InChI is InChI=1S/C16H21F2N5O4/c1-11(24)21-4-6-22(7-5-21)13-3-2-12(8-14(13)23(26)27)15(25)20-10-16(17,18)9-19/h2-3,8H,4-7,9-10,19H2,1H3,(H,20,25). The molecule has 9 nitrogen and oxygen atoms in total. The topological polar surface area (TPSA) is 122 Å². The van der Waals surface area contributed by atoms with Crippen molar-refractivity contribution in [2.75, 3.05) is 44.2 Å². The van der Waals surface area contributed by atoms with E-state index in [0.29, 0.717) is 31.9 Å². The molecule has 2 rings (SSSR count). The smallest absolute Gasteiger partial charge is 0.293 e. The second-order valence-electron chi connectivity index (χ2n) is 6.20. The lowest BCUT2D eigenvalue weighted by Gasteiger charge is -2.35. The molecule has 1 aliphatic heterocycles. The van der Waals surface area contributed by atoms with Gasteiger partial charge in [0.15, 0.2) is 0 Å². The molecule has 148 valence electrons. The zero-order valence-corrected chi connectivity index (χ0v) is 14.8. The van der Waals surface area contributed by atoms with Gasteiger partial charge >= 0.3 is 0 Å². The molecule has 1 aromatic rings. The first-order valence-corrected chi connectivity index (χ1v) is 8.29. The zero-order valence-electron chi connectivity index (χ0n) is 14.8. The average Bonchev–Trinajstić information content (AvgIpc) is 2.65. The largest absolute Gasteiger partial charge is 0.362 e. The Bertz CT molecular complexity index is 736. The van der Waals surface area contributed by atoms with Crippen molar-refractivity contribution in [1.29, 1.82) is 0 Å². The van der Waals surface area contributed by atoms with Crippen molar-refractivity contribution in [3.05, 3.63) is 33.9 Å². The second-order valence-corrected chi connectivity index (χ2v) is 6.20. The minimum atomic E-state index is -3.25. The Morgan fingerprint density at radius 1 is 1.30 bits per heavy atom. The predicted octanol–water partition coefficient (Wildman–Crippen LogP) is 0.587. The highest BCUT2D eigenvalue weighted by Gasteiger charge is 2.29. The van der Waals surface area contributed by atoms with E-state index in [1.807, 2.05) is 5.32 Å². The summed E-state index contributed by atoms with van der Waals surface area (Å²) in [6.45, 7) is 1.28. The molecular weight excluding hydrogens is 364 g/mol. The lowest BCUT2D eigenvalue weighted by Crippen LogP contribution is -2.48. The molecule has 0 aromatic heterocycles. The van der Waals surface area contributed by atoms with Crippen molar-refractivity contribution in [3.8, 4) is 0 Å². The lowest BCUT2D eigenvalue weighted by atomic mass is 10.1. The quantitative estimate of drug-likeness (QED) is 0.546. The molecule has 1 fully saturated rings. The summed E-state index contributed by atoms with van der Waals surface area (Å²) in [5.41, 5.74) is 4.82. The van der Waals surface area contributed by atoms with Gasteiger partial charge in [0, 0.05) is 44.7 Å². The van der Waals surface area contributed by atoms with E-state index in [1.54, 1.807) is 9.80 Å². The van der Waals surface area contributed by atoms with Gasteiger partial charge in [-0.1, -0.05) is 0 Å². The highest BCUT2D eigenvalue weighted by Crippen LogP contribution is 2.30. The monoisotopic (exact) mass is 385 g/mol. The molecule has 0 unspecified atom stereocenters. The van der Waals surface area contributed by atoms with Crippen LogP contribution in [0.1, 0.15) is 17.3 Å². The third kappa shape index (κ3) is 5.09. The van der Waals surface area contributed by atoms with Gasteiger partial charge in [0.1, 0.15) is 5.69 Å². The van der Waals surface area contributed by atoms with E-state index in [2.05, 4.69) is 0 Å². The second kappa shape index (κ2) is 8.25. The normalized spacial score (nSPS) is 14.8. The summed E-state index contributed by atoms with van der Waals surface area (Å²) in [6, 6.07) is 3.82. The van der Waals surface area contributed by atoms with Crippen molar-refractivity contribution in [1.82, 2.24) is 10.2 Å². The van der Waals surface area contributed by atoms with Crippen LogP contribution in [0.25, 0.3) is 0 Å². The molecule has 3 N–H and O–H groups in total. The minimum Gasteiger partial charge on any atom is -0.362 e. The van der Waals surface area contributed by atoms with Gasteiger partial charge in [0.2, 0.25) is 5.91 Å². The summed E-state index contributed by atoms with van der Waals surface area (Å²) in [5.74, 6) is -4.16. The fraction of sp³-hybridized carbons (Fsp3) is 0.500. The molecule has 1 saturated heterocycles. The number of piperazine rings is 1. The van der Waals surface area contributed by atoms with Crippen LogP contribution >= 0.6 is 0 Å². The van der Waals surface area contributed by atoms with Gasteiger partial charge in [0.05, 0.1) is 18.0 Å². The molecule has 2 amide bonds. The van der Waals surface area contributed by atoms with E-state index >= 15 is 0 Å². The van der Waals surface area contributed by atoms with E-state index in [4.69, 9.17) is 5.73 Å². The summed E-state index contributed by atoms with van der Waals surface area (Å²) in [6.07, 6.45) is 0. The van der Waals surface area contributed by atoms with Gasteiger partial charge in [-0.2, -0.15) is 0 Å². The van der Waals surface area contributed by atoms with Crippen LogP contribution in [-0.4, -0.2) is 66.8 Å². The number of nitro groups is 1. The number of alkyl halides is 2. The third-order valence-corrected chi connectivity index (χ3v) is 4.31. The van der Waals surface area contributed by atoms with E-state index in [-0.39, 0.29) is 17.2 Å². The fourth-order valence-electron chi connectivity index (χ4n) is 2.72. The molecule has 0 radical (unpaired) electrons. The Hall–Kier alpha value is -2.82. The Labute approximate surface area is 154 Å². The van der Waals surface area contributed by atoms with Gasteiger partial charge in [-0.3, -0.25) is 19.7 Å². The Kier molecular flexibility index (Phi) is 6.26. The highest BCUT2D eigenvalue weighted by atomic mass is 19.3. The molecule has 0 saturated carbocycles. The SMILES string of the molecule is CC(=O)N1CCN(c2ccc(C(=O)NCC(F)(F)CN)cc2[N+](=O)[O-])CC1.